The lowest BCUT2D eigenvalue weighted by atomic mass is 9.68. The Bertz CT molecular complexity index is 398. The predicted octanol–water partition coefficient (Wildman–Crippen LogP) is 3.11. The summed E-state index contributed by atoms with van der Waals surface area (Å²) >= 11 is 0. The molecular formula is C18H32N2O2. The SMILES string of the molecule is CCCCCCCC(=O)N1CCC([C@@H]2NC(=O)C2(C)C)CC1. The molecule has 2 amide bonds. The first-order valence-corrected chi connectivity index (χ1v) is 9.05. The Morgan fingerprint density at radius 2 is 1.82 bits per heavy atom. The molecule has 0 saturated carbocycles. The standard InChI is InChI=1S/C18H32N2O2/c1-4-5-6-7-8-9-15(21)20-12-10-14(11-13-20)16-18(2,3)17(22)19-16/h14,16H,4-13H2,1-3H3,(H,19,22)/t16-/m0/s1. The summed E-state index contributed by atoms with van der Waals surface area (Å²) in [5, 5.41) is 3.06. The van der Waals surface area contributed by atoms with E-state index in [-0.39, 0.29) is 11.3 Å². The Hall–Kier alpha value is -1.06. The summed E-state index contributed by atoms with van der Waals surface area (Å²) in [6, 6.07) is 0.297. The summed E-state index contributed by atoms with van der Waals surface area (Å²) in [6.45, 7) is 8.00. The van der Waals surface area contributed by atoms with Crippen LogP contribution >= 0.6 is 0 Å². The molecule has 0 aliphatic carbocycles. The molecular weight excluding hydrogens is 276 g/mol. The molecule has 0 aromatic carbocycles. The molecule has 2 saturated heterocycles. The molecule has 1 atom stereocenters. The fourth-order valence-electron chi connectivity index (χ4n) is 3.80. The van der Waals surface area contributed by atoms with Gasteiger partial charge in [-0.2, -0.15) is 0 Å². The first kappa shape index (κ1) is 17.3. The fourth-order valence-corrected chi connectivity index (χ4v) is 3.80. The van der Waals surface area contributed by atoms with Gasteiger partial charge in [0.2, 0.25) is 11.8 Å². The first-order chi connectivity index (χ1) is 10.5. The van der Waals surface area contributed by atoms with Gasteiger partial charge in [-0.15, -0.1) is 0 Å². The topological polar surface area (TPSA) is 49.4 Å². The van der Waals surface area contributed by atoms with Crippen LogP contribution in [0, 0.1) is 11.3 Å². The summed E-state index contributed by atoms with van der Waals surface area (Å²) in [7, 11) is 0. The Labute approximate surface area is 135 Å². The van der Waals surface area contributed by atoms with Gasteiger partial charge in [0.25, 0.3) is 0 Å². The van der Waals surface area contributed by atoms with Crippen LogP contribution in [0.2, 0.25) is 0 Å². The second kappa shape index (κ2) is 7.47. The van der Waals surface area contributed by atoms with Crippen molar-refractivity contribution in [3.63, 3.8) is 0 Å². The lowest BCUT2D eigenvalue weighted by molar-refractivity contribution is -0.147. The summed E-state index contributed by atoms with van der Waals surface area (Å²) < 4.78 is 0. The number of carbonyl (C=O) groups excluding carboxylic acids is 2. The highest BCUT2D eigenvalue weighted by molar-refractivity contribution is 5.89. The molecule has 2 rings (SSSR count). The van der Waals surface area contributed by atoms with Crippen LogP contribution in [0.15, 0.2) is 0 Å². The van der Waals surface area contributed by atoms with E-state index < -0.39 is 0 Å². The molecule has 4 nitrogen and oxygen atoms in total. The van der Waals surface area contributed by atoms with E-state index in [2.05, 4.69) is 12.2 Å². The lowest BCUT2D eigenvalue weighted by Crippen LogP contribution is -2.68. The smallest absolute Gasteiger partial charge is 0.228 e. The van der Waals surface area contributed by atoms with E-state index in [9.17, 15) is 9.59 Å². The molecule has 0 radical (unpaired) electrons. The third-order valence-electron chi connectivity index (χ3n) is 5.51. The lowest BCUT2D eigenvalue weighted by Gasteiger charge is -2.50. The molecule has 2 aliphatic heterocycles. The Morgan fingerprint density at radius 1 is 1.18 bits per heavy atom. The van der Waals surface area contributed by atoms with Crippen molar-refractivity contribution in [2.24, 2.45) is 11.3 Å². The van der Waals surface area contributed by atoms with Gasteiger partial charge < -0.3 is 10.2 Å². The van der Waals surface area contributed by atoms with Crippen LogP contribution < -0.4 is 5.32 Å². The van der Waals surface area contributed by atoms with E-state index in [1.54, 1.807) is 0 Å². The minimum atomic E-state index is -0.226. The summed E-state index contributed by atoms with van der Waals surface area (Å²) in [5.41, 5.74) is -0.226. The van der Waals surface area contributed by atoms with Crippen LogP contribution in [0.5, 0.6) is 0 Å². The van der Waals surface area contributed by atoms with Gasteiger partial charge in [0, 0.05) is 25.6 Å². The number of hydrogen-bond acceptors (Lipinski definition) is 2. The van der Waals surface area contributed by atoms with E-state index >= 15 is 0 Å². The number of unbranched alkanes of at least 4 members (excludes halogenated alkanes) is 4. The van der Waals surface area contributed by atoms with Crippen molar-refractivity contribution in [3.8, 4) is 0 Å². The van der Waals surface area contributed by atoms with Crippen LogP contribution in [0.3, 0.4) is 0 Å². The zero-order valence-corrected chi connectivity index (χ0v) is 14.5. The Balaban J connectivity index is 1.66. The number of carbonyl (C=O) groups is 2. The minimum absolute atomic E-state index is 0.170. The van der Waals surface area contributed by atoms with E-state index in [1.165, 1.54) is 25.7 Å². The largest absolute Gasteiger partial charge is 0.351 e. The average molecular weight is 308 g/mol. The molecule has 2 fully saturated rings. The van der Waals surface area contributed by atoms with Crippen molar-refractivity contribution in [3.05, 3.63) is 0 Å². The van der Waals surface area contributed by atoms with E-state index in [0.29, 0.717) is 24.3 Å². The van der Waals surface area contributed by atoms with Crippen LogP contribution in [0.25, 0.3) is 0 Å². The molecule has 4 heteroatoms. The second-order valence-corrected chi connectivity index (χ2v) is 7.56. The molecule has 0 spiro atoms. The van der Waals surface area contributed by atoms with Crippen LogP contribution in [-0.2, 0) is 9.59 Å². The van der Waals surface area contributed by atoms with Crippen molar-refractivity contribution >= 4 is 11.8 Å². The number of nitrogens with one attached hydrogen (secondary N) is 1. The molecule has 0 aromatic rings. The number of hydrogen-bond donors (Lipinski definition) is 1. The maximum Gasteiger partial charge on any atom is 0.228 e. The van der Waals surface area contributed by atoms with Gasteiger partial charge >= 0.3 is 0 Å². The monoisotopic (exact) mass is 308 g/mol. The third kappa shape index (κ3) is 3.82. The molecule has 2 heterocycles. The van der Waals surface area contributed by atoms with Gasteiger partial charge in [-0.3, -0.25) is 9.59 Å². The molecule has 0 aromatic heterocycles. The highest BCUT2D eigenvalue weighted by Crippen LogP contribution is 2.38. The Kier molecular flexibility index (Phi) is 5.87. The number of β-lactam (4-membered cyclic amide) rings is 1. The quantitative estimate of drug-likeness (QED) is 0.580. The average Bonchev–Trinajstić information content (AvgIpc) is 2.52. The molecule has 0 unspecified atom stereocenters. The molecule has 2 aliphatic rings. The fraction of sp³-hybridized carbons (Fsp3) is 0.889. The third-order valence-corrected chi connectivity index (χ3v) is 5.51. The van der Waals surface area contributed by atoms with E-state index in [4.69, 9.17) is 0 Å². The normalized spacial score (nSPS) is 24.8. The highest BCUT2D eigenvalue weighted by atomic mass is 16.2. The van der Waals surface area contributed by atoms with Crippen LogP contribution in [0.1, 0.15) is 72.1 Å². The summed E-state index contributed by atoms with van der Waals surface area (Å²) in [4.78, 5) is 25.9. The van der Waals surface area contributed by atoms with E-state index in [0.717, 1.165) is 32.4 Å². The van der Waals surface area contributed by atoms with Crippen molar-refractivity contribution in [1.82, 2.24) is 10.2 Å². The van der Waals surface area contributed by atoms with Gasteiger partial charge in [0.1, 0.15) is 0 Å². The number of nitrogens with zero attached hydrogens (tertiary/aromatic N) is 1. The van der Waals surface area contributed by atoms with Crippen molar-refractivity contribution in [2.75, 3.05) is 13.1 Å². The molecule has 1 N–H and O–H groups in total. The highest BCUT2D eigenvalue weighted by Gasteiger charge is 2.51. The van der Waals surface area contributed by atoms with Crippen molar-refractivity contribution in [2.45, 2.75) is 78.2 Å². The zero-order valence-electron chi connectivity index (χ0n) is 14.5. The summed E-state index contributed by atoms with van der Waals surface area (Å²) in [6.07, 6.45) is 8.75. The van der Waals surface area contributed by atoms with Crippen LogP contribution in [0.4, 0.5) is 0 Å². The van der Waals surface area contributed by atoms with Crippen LogP contribution in [-0.4, -0.2) is 35.8 Å². The van der Waals surface area contributed by atoms with Gasteiger partial charge in [-0.05, 0) is 39.0 Å². The first-order valence-electron chi connectivity index (χ1n) is 9.05. The predicted molar refractivity (Wildman–Crippen MR) is 88.4 cm³/mol. The number of rotatable bonds is 7. The van der Waals surface area contributed by atoms with Gasteiger partial charge in [-0.1, -0.05) is 32.6 Å². The minimum Gasteiger partial charge on any atom is -0.351 e. The maximum atomic E-state index is 12.2. The van der Waals surface area contributed by atoms with Gasteiger partial charge in [0.15, 0.2) is 0 Å². The molecule has 0 bridgehead atoms. The summed E-state index contributed by atoms with van der Waals surface area (Å²) in [5.74, 6) is 1.02. The second-order valence-electron chi connectivity index (χ2n) is 7.56. The van der Waals surface area contributed by atoms with Crippen molar-refractivity contribution < 1.29 is 9.59 Å². The zero-order chi connectivity index (χ0) is 16.2. The van der Waals surface area contributed by atoms with Gasteiger partial charge in [-0.25, -0.2) is 0 Å². The van der Waals surface area contributed by atoms with Gasteiger partial charge in [0.05, 0.1) is 5.41 Å². The Morgan fingerprint density at radius 3 is 2.36 bits per heavy atom. The van der Waals surface area contributed by atoms with E-state index in [1.807, 2.05) is 18.7 Å². The molecule has 126 valence electrons. The number of likely N-dealkylation sites (tertiary alicyclic amines) is 1. The maximum absolute atomic E-state index is 12.2. The number of piperidine rings is 1. The number of amides is 2. The van der Waals surface area contributed by atoms with Crippen molar-refractivity contribution in [1.29, 1.82) is 0 Å². The molecule has 22 heavy (non-hydrogen) atoms.